The van der Waals surface area contributed by atoms with Gasteiger partial charge < -0.3 is 10.6 Å². The lowest BCUT2D eigenvalue weighted by atomic mass is 10.2. The minimum Gasteiger partial charge on any atom is -0.385 e. The monoisotopic (exact) mass is 412 g/mol. The van der Waals surface area contributed by atoms with Gasteiger partial charge in [-0.3, -0.25) is 0 Å². The lowest BCUT2D eigenvalue weighted by Gasteiger charge is -2.05. The fraction of sp³-hybridized carbons (Fsp3) is 0.615. The maximum Gasteiger partial charge on any atom is 0.170 e. The molecule has 0 spiro atoms. The summed E-state index contributed by atoms with van der Waals surface area (Å²) in [6.45, 7) is 8.82. The maximum atomic E-state index is 3.52. The van der Waals surface area contributed by atoms with E-state index in [2.05, 4.69) is 82.7 Å². The molecule has 0 atom stereocenters. The van der Waals surface area contributed by atoms with Crippen molar-refractivity contribution in [3.8, 4) is 0 Å². The van der Waals surface area contributed by atoms with Gasteiger partial charge in [0.05, 0.1) is 0 Å². The molecule has 2 rings (SSSR count). The number of nitrogens with zero attached hydrogens (tertiary/aromatic N) is 2. The molecule has 2 aromatic rings. The zero-order chi connectivity index (χ0) is 21.3. The Balaban J connectivity index is 1.57. The van der Waals surface area contributed by atoms with Gasteiger partial charge >= 0.3 is 0 Å². The van der Waals surface area contributed by atoms with E-state index in [4.69, 9.17) is 0 Å². The fourth-order valence-electron chi connectivity index (χ4n) is 3.61. The van der Waals surface area contributed by atoms with Crippen molar-refractivity contribution in [2.45, 2.75) is 91.1 Å². The quantitative estimate of drug-likeness (QED) is 0.257. The zero-order valence-electron chi connectivity index (χ0n) is 19.4. The van der Waals surface area contributed by atoms with Crippen LogP contribution in [-0.4, -0.2) is 13.1 Å². The summed E-state index contributed by atoms with van der Waals surface area (Å²) in [6, 6.07) is 8.79. The van der Waals surface area contributed by atoms with Crippen LogP contribution in [0, 0.1) is 0 Å². The van der Waals surface area contributed by atoms with Gasteiger partial charge in [-0.2, -0.15) is 0 Å². The molecular formula is C26H44N4+2. The molecule has 0 aliphatic heterocycles. The van der Waals surface area contributed by atoms with Gasteiger partial charge in [0.1, 0.15) is 13.1 Å². The number of hydrogen-bond acceptors (Lipinski definition) is 2. The van der Waals surface area contributed by atoms with Crippen molar-refractivity contribution in [2.24, 2.45) is 0 Å². The van der Waals surface area contributed by atoms with Gasteiger partial charge in [0, 0.05) is 61.6 Å². The summed E-state index contributed by atoms with van der Waals surface area (Å²) in [5.41, 5.74) is 2.47. The summed E-state index contributed by atoms with van der Waals surface area (Å²) in [6.07, 6.45) is 21.6. The lowest BCUT2D eigenvalue weighted by molar-refractivity contribution is -0.708. The molecule has 0 bridgehead atoms. The van der Waals surface area contributed by atoms with Crippen LogP contribution >= 0.6 is 0 Å². The molecule has 30 heavy (non-hydrogen) atoms. The first-order valence-corrected chi connectivity index (χ1v) is 12.3. The number of aryl methyl sites for hydroxylation is 2. The van der Waals surface area contributed by atoms with Crippen molar-refractivity contribution >= 4 is 11.4 Å². The number of unbranched alkanes of at least 4 members (excludes halogenated alkanes) is 7. The first kappa shape index (κ1) is 24.2. The molecule has 4 heteroatoms. The van der Waals surface area contributed by atoms with Crippen LogP contribution in [0.2, 0.25) is 0 Å². The number of anilines is 2. The molecule has 0 saturated carbocycles. The Morgan fingerprint density at radius 3 is 1.30 bits per heavy atom. The van der Waals surface area contributed by atoms with Gasteiger partial charge in [-0.1, -0.05) is 52.4 Å². The highest BCUT2D eigenvalue weighted by molar-refractivity contribution is 5.40. The highest BCUT2D eigenvalue weighted by atomic mass is 15.0. The molecule has 2 N–H and O–H groups in total. The van der Waals surface area contributed by atoms with Crippen molar-refractivity contribution < 1.29 is 9.13 Å². The Morgan fingerprint density at radius 2 is 0.933 bits per heavy atom. The minimum absolute atomic E-state index is 1.08. The topological polar surface area (TPSA) is 31.8 Å². The van der Waals surface area contributed by atoms with E-state index >= 15 is 0 Å². The van der Waals surface area contributed by atoms with Gasteiger partial charge in [0.25, 0.3) is 0 Å². The Labute approximate surface area is 184 Å². The van der Waals surface area contributed by atoms with Gasteiger partial charge in [-0.05, 0) is 12.8 Å². The van der Waals surface area contributed by atoms with Crippen molar-refractivity contribution in [2.75, 3.05) is 23.7 Å². The maximum absolute atomic E-state index is 3.52. The van der Waals surface area contributed by atoms with E-state index in [1.807, 2.05) is 0 Å². The number of aromatic nitrogens is 2. The second-order valence-corrected chi connectivity index (χ2v) is 8.33. The van der Waals surface area contributed by atoms with Crippen molar-refractivity contribution in [1.29, 1.82) is 0 Å². The first-order valence-electron chi connectivity index (χ1n) is 12.3. The minimum atomic E-state index is 1.08. The molecule has 2 heterocycles. The summed E-state index contributed by atoms with van der Waals surface area (Å²) in [5.74, 6) is 0. The summed E-state index contributed by atoms with van der Waals surface area (Å²) < 4.78 is 4.58. The summed E-state index contributed by atoms with van der Waals surface area (Å²) in [4.78, 5) is 0. The van der Waals surface area contributed by atoms with Crippen LogP contribution in [0.5, 0.6) is 0 Å². The van der Waals surface area contributed by atoms with Crippen molar-refractivity contribution in [1.82, 2.24) is 0 Å². The van der Waals surface area contributed by atoms with E-state index in [1.54, 1.807) is 0 Å². The van der Waals surface area contributed by atoms with E-state index in [9.17, 15) is 0 Å². The summed E-state index contributed by atoms with van der Waals surface area (Å²) >= 11 is 0. The van der Waals surface area contributed by atoms with E-state index < -0.39 is 0 Å². The van der Waals surface area contributed by atoms with Gasteiger partial charge in [0.15, 0.2) is 24.8 Å². The van der Waals surface area contributed by atoms with E-state index in [0.29, 0.717) is 0 Å². The van der Waals surface area contributed by atoms with Crippen LogP contribution in [0.15, 0.2) is 49.1 Å². The Kier molecular flexibility index (Phi) is 12.7. The van der Waals surface area contributed by atoms with Gasteiger partial charge in [-0.25, -0.2) is 9.13 Å². The van der Waals surface area contributed by atoms with E-state index in [-0.39, 0.29) is 0 Å². The highest BCUT2D eigenvalue weighted by Gasteiger charge is 2.04. The van der Waals surface area contributed by atoms with Crippen LogP contribution in [0.4, 0.5) is 11.4 Å². The van der Waals surface area contributed by atoms with Crippen LogP contribution in [-0.2, 0) is 13.1 Å². The molecule has 0 saturated heterocycles. The van der Waals surface area contributed by atoms with E-state index in [1.165, 1.54) is 75.6 Å². The predicted octanol–water partition coefficient (Wildman–Crippen LogP) is 5.73. The number of rotatable bonds is 17. The second kappa shape index (κ2) is 15.7. The molecule has 166 valence electrons. The van der Waals surface area contributed by atoms with Crippen molar-refractivity contribution in [3.63, 3.8) is 0 Å². The summed E-state index contributed by atoms with van der Waals surface area (Å²) in [7, 11) is 0. The van der Waals surface area contributed by atoms with Gasteiger partial charge in [-0.15, -0.1) is 0 Å². The van der Waals surface area contributed by atoms with Crippen LogP contribution in [0.25, 0.3) is 0 Å². The number of pyridine rings is 2. The molecule has 0 aliphatic rings. The third kappa shape index (κ3) is 10.6. The first-order chi connectivity index (χ1) is 14.8. The molecule has 2 aromatic heterocycles. The number of nitrogens with one attached hydrogen (secondary N) is 2. The standard InChI is InChI=1S/C26H42N4/c1-3-5-7-9-17-27-25-13-21-29(22-14-25)19-11-12-20-30-23-15-26(16-24-30)28-18-10-8-6-4-2/h13-16,21-24H,3-12,17-20H2,1-2H3/p+2. The van der Waals surface area contributed by atoms with Crippen LogP contribution in [0.3, 0.4) is 0 Å². The fourth-order valence-corrected chi connectivity index (χ4v) is 3.61. The van der Waals surface area contributed by atoms with Crippen molar-refractivity contribution in [3.05, 3.63) is 49.1 Å². The van der Waals surface area contributed by atoms with Gasteiger partial charge in [0.2, 0.25) is 0 Å². The smallest absolute Gasteiger partial charge is 0.170 e. The Morgan fingerprint density at radius 1 is 0.533 bits per heavy atom. The second-order valence-electron chi connectivity index (χ2n) is 8.33. The number of hydrogen-bond donors (Lipinski definition) is 2. The Hall–Kier alpha value is -2.10. The highest BCUT2D eigenvalue weighted by Crippen LogP contribution is 2.06. The average molecular weight is 413 g/mol. The average Bonchev–Trinajstić information content (AvgIpc) is 2.78. The molecular weight excluding hydrogens is 368 g/mol. The molecule has 0 aromatic carbocycles. The predicted molar refractivity (Wildman–Crippen MR) is 128 cm³/mol. The molecule has 0 amide bonds. The molecule has 0 aliphatic carbocycles. The Bertz CT molecular complexity index is 592. The molecule has 0 fully saturated rings. The van der Waals surface area contributed by atoms with E-state index in [0.717, 1.165) is 26.2 Å². The molecule has 0 radical (unpaired) electrons. The third-order valence-electron chi connectivity index (χ3n) is 5.58. The third-order valence-corrected chi connectivity index (χ3v) is 5.58. The summed E-state index contributed by atoms with van der Waals surface area (Å²) in [5, 5.41) is 7.05. The molecule has 4 nitrogen and oxygen atoms in total. The van der Waals surface area contributed by atoms with Crippen LogP contribution < -0.4 is 19.8 Å². The normalized spacial score (nSPS) is 10.9. The largest absolute Gasteiger partial charge is 0.385 e. The SMILES string of the molecule is CCCCCCNc1cc[n+](CCCC[n+]2ccc(NCCCCCC)cc2)cc1. The lowest BCUT2D eigenvalue weighted by Crippen LogP contribution is -2.35. The zero-order valence-corrected chi connectivity index (χ0v) is 19.4. The van der Waals surface area contributed by atoms with Crippen LogP contribution in [0.1, 0.15) is 78.1 Å². The molecule has 0 unspecified atom stereocenters.